The summed E-state index contributed by atoms with van der Waals surface area (Å²) in [6, 6.07) is 60.7. The predicted octanol–water partition coefficient (Wildman–Crippen LogP) is 18.6. The average molecular weight is 973 g/mol. The van der Waals surface area contributed by atoms with Crippen LogP contribution in [0.5, 0.6) is 0 Å². The summed E-state index contributed by atoms with van der Waals surface area (Å²) >= 11 is 0. The molecule has 2 aromatic heterocycles. The number of para-hydroxylation sites is 4. The number of nitrogens with zero attached hydrogens (tertiary/aromatic N) is 2. The van der Waals surface area contributed by atoms with Crippen molar-refractivity contribution in [1.29, 1.82) is 0 Å². The van der Waals surface area contributed by atoms with E-state index in [1.54, 1.807) is 0 Å². The molecule has 0 saturated heterocycles. The molecule has 0 radical (unpaired) electrons. The van der Waals surface area contributed by atoms with Crippen molar-refractivity contribution in [2.24, 2.45) is 0 Å². The molecule has 0 atom stereocenters. The first-order chi connectivity index (χ1) is 35.9. The number of aryl methyl sites for hydroxylation is 2. The van der Waals surface area contributed by atoms with Crippen LogP contribution in [0.4, 0.5) is 51.7 Å². The minimum atomic E-state index is -0.845. The first-order valence-corrected chi connectivity index (χ1v) is 24.7. The van der Waals surface area contributed by atoms with Gasteiger partial charge in [-0.25, -0.2) is 17.6 Å². The van der Waals surface area contributed by atoms with Crippen molar-refractivity contribution < 1.29 is 26.4 Å². The van der Waals surface area contributed by atoms with Crippen LogP contribution in [-0.2, 0) is 10.8 Å². The molecular formula is C66H44F4N2O2. The number of benzene rings is 10. The van der Waals surface area contributed by atoms with Crippen molar-refractivity contribution in [2.75, 3.05) is 9.80 Å². The first kappa shape index (κ1) is 43.9. The molecule has 2 aliphatic rings. The lowest BCUT2D eigenvalue weighted by Gasteiger charge is -2.46. The number of halogens is 4. The zero-order chi connectivity index (χ0) is 50.4. The maximum atomic E-state index is 15.6. The maximum Gasteiger partial charge on any atom is 0.159 e. The molecule has 0 bridgehead atoms. The Labute approximate surface area is 424 Å². The molecule has 0 amide bonds. The summed E-state index contributed by atoms with van der Waals surface area (Å²) in [6.45, 7) is 8.54. The zero-order valence-electron chi connectivity index (χ0n) is 40.7. The molecule has 2 heterocycles. The van der Waals surface area contributed by atoms with Gasteiger partial charge in [0.05, 0.1) is 28.2 Å². The lowest BCUT2D eigenvalue weighted by Crippen LogP contribution is -2.40. The lowest BCUT2D eigenvalue weighted by atomic mass is 9.55. The summed E-state index contributed by atoms with van der Waals surface area (Å²) in [5, 5.41) is 3.58. The normalized spacial score (nSPS) is 13.9. The summed E-state index contributed by atoms with van der Waals surface area (Å²) in [5.74, 6) is -2.91. The van der Waals surface area contributed by atoms with Crippen molar-refractivity contribution in [1.82, 2.24) is 0 Å². The van der Waals surface area contributed by atoms with Crippen LogP contribution in [0.2, 0.25) is 0 Å². The van der Waals surface area contributed by atoms with Crippen molar-refractivity contribution >= 4 is 78.0 Å². The number of anilines is 6. The van der Waals surface area contributed by atoms with Crippen LogP contribution in [0, 0.1) is 37.1 Å². The second-order valence-corrected chi connectivity index (χ2v) is 20.3. The Balaban J connectivity index is 1.08. The molecule has 10 aromatic carbocycles. The van der Waals surface area contributed by atoms with Gasteiger partial charge in [0.25, 0.3) is 0 Å². The van der Waals surface area contributed by atoms with E-state index in [1.807, 2.05) is 109 Å². The van der Waals surface area contributed by atoms with Gasteiger partial charge in [-0.1, -0.05) is 135 Å². The minimum Gasteiger partial charge on any atom is -0.454 e. The quantitative estimate of drug-likeness (QED) is 0.155. The molecule has 8 heteroatoms. The summed E-state index contributed by atoms with van der Waals surface area (Å²) in [4.78, 5) is 3.72. The third-order valence-corrected chi connectivity index (χ3v) is 15.7. The Morgan fingerprint density at radius 2 is 0.703 bits per heavy atom. The molecule has 0 aliphatic heterocycles. The fraction of sp³-hybridized carbons (Fsp3) is 0.0909. The number of furan rings is 2. The van der Waals surface area contributed by atoms with Gasteiger partial charge in [-0.2, -0.15) is 0 Å². The van der Waals surface area contributed by atoms with E-state index in [9.17, 15) is 0 Å². The smallest absolute Gasteiger partial charge is 0.159 e. The van der Waals surface area contributed by atoms with Gasteiger partial charge >= 0.3 is 0 Å². The molecule has 0 fully saturated rings. The number of fused-ring (bicyclic) bond motifs is 15. The monoisotopic (exact) mass is 972 g/mol. The summed E-state index contributed by atoms with van der Waals surface area (Å²) in [5.41, 5.74) is 14.6. The van der Waals surface area contributed by atoms with Crippen molar-refractivity contribution in [3.63, 3.8) is 0 Å². The minimum absolute atomic E-state index is 0.261. The Bertz CT molecular complexity index is 4040. The third-order valence-electron chi connectivity index (χ3n) is 15.7. The fourth-order valence-electron chi connectivity index (χ4n) is 12.6. The SMILES string of the molecule is Cc1cccc2c1oc1c(N(c3cc(F)cc(F)c3)c3ccc4c(c3)-c3cc(N(c5cc(F)cc(F)c5)c5cccc6c5oc5c(C)cccc56)ccc3C43c4ccccc4C(C)(C)c4ccccc43)cccc12. The predicted molar refractivity (Wildman–Crippen MR) is 289 cm³/mol. The third kappa shape index (κ3) is 6.14. The van der Waals surface area contributed by atoms with Gasteiger partial charge in [-0.15, -0.1) is 0 Å². The first-order valence-electron chi connectivity index (χ1n) is 24.7. The molecule has 12 aromatic rings. The van der Waals surface area contributed by atoms with Crippen molar-refractivity contribution in [3.05, 3.63) is 262 Å². The van der Waals surface area contributed by atoms with Gasteiger partial charge < -0.3 is 18.6 Å². The van der Waals surface area contributed by atoms with E-state index in [0.717, 1.165) is 89.4 Å². The van der Waals surface area contributed by atoms with Gasteiger partial charge in [0, 0.05) is 50.5 Å². The topological polar surface area (TPSA) is 32.8 Å². The maximum absolute atomic E-state index is 15.6. The standard InChI is InChI=1S/C66H44F4N2O2/c1-37-13-9-15-47-49-17-11-23-59(63(49)73-61(37)47)71(45-31-39(67)29-40(68)32-45)43-25-27-53-51(35-43)52-36-44(26-28-54(52)66(53)57-21-7-5-19-55(57)65(3,4)56-20-6-8-22-58(56)66)72(46-33-41(69)30-42(70)34-46)60-24-12-18-50-48-16-10-14-38(2)62(48)74-64(50)60/h5-36H,1-4H3. The van der Waals surface area contributed by atoms with Crippen LogP contribution in [-0.4, -0.2) is 0 Å². The Morgan fingerprint density at radius 3 is 1.11 bits per heavy atom. The lowest BCUT2D eigenvalue weighted by molar-refractivity contribution is 0.563. The van der Waals surface area contributed by atoms with Crippen LogP contribution >= 0.6 is 0 Å². The molecule has 74 heavy (non-hydrogen) atoms. The van der Waals surface area contributed by atoms with Crippen LogP contribution in [0.1, 0.15) is 58.4 Å². The number of hydrogen-bond acceptors (Lipinski definition) is 4. The highest BCUT2D eigenvalue weighted by atomic mass is 19.1. The van der Waals surface area contributed by atoms with E-state index >= 15 is 17.6 Å². The molecule has 0 unspecified atom stereocenters. The molecule has 358 valence electrons. The van der Waals surface area contributed by atoms with Crippen molar-refractivity contribution in [2.45, 2.75) is 38.5 Å². The van der Waals surface area contributed by atoms with E-state index in [2.05, 4.69) is 86.6 Å². The molecule has 4 nitrogen and oxygen atoms in total. The van der Waals surface area contributed by atoms with Gasteiger partial charge in [-0.05, 0) is 130 Å². The van der Waals surface area contributed by atoms with E-state index in [1.165, 1.54) is 35.4 Å². The summed E-state index contributed by atoms with van der Waals surface area (Å²) in [6.07, 6.45) is 0. The van der Waals surface area contributed by atoms with Crippen LogP contribution in [0.25, 0.3) is 55.0 Å². The Kier molecular flexibility index (Phi) is 9.37. The number of hydrogen-bond donors (Lipinski definition) is 0. The van der Waals surface area contributed by atoms with Gasteiger partial charge in [-0.3, -0.25) is 0 Å². The van der Waals surface area contributed by atoms with Gasteiger partial charge in [0.2, 0.25) is 0 Å². The number of rotatable bonds is 6. The highest BCUT2D eigenvalue weighted by Gasteiger charge is 2.53. The highest BCUT2D eigenvalue weighted by molar-refractivity contribution is 6.12. The van der Waals surface area contributed by atoms with E-state index in [4.69, 9.17) is 8.83 Å². The Morgan fingerprint density at radius 1 is 0.338 bits per heavy atom. The van der Waals surface area contributed by atoms with Gasteiger partial charge in [0.1, 0.15) is 34.4 Å². The summed E-state index contributed by atoms with van der Waals surface area (Å²) < 4.78 is 76.0. The molecule has 2 aliphatic carbocycles. The van der Waals surface area contributed by atoms with Crippen LogP contribution < -0.4 is 9.80 Å². The molecule has 1 spiro atoms. The van der Waals surface area contributed by atoms with E-state index < -0.39 is 28.7 Å². The summed E-state index contributed by atoms with van der Waals surface area (Å²) in [7, 11) is 0. The Hall–Kier alpha value is -8.88. The van der Waals surface area contributed by atoms with Crippen LogP contribution in [0.15, 0.2) is 203 Å². The van der Waals surface area contributed by atoms with Gasteiger partial charge in [0.15, 0.2) is 11.2 Å². The molecular weight excluding hydrogens is 929 g/mol. The van der Waals surface area contributed by atoms with Crippen LogP contribution in [0.3, 0.4) is 0 Å². The molecule has 0 N–H and O–H groups in total. The second-order valence-electron chi connectivity index (χ2n) is 20.3. The fourth-order valence-corrected chi connectivity index (χ4v) is 12.6. The van der Waals surface area contributed by atoms with E-state index in [-0.39, 0.29) is 16.8 Å². The van der Waals surface area contributed by atoms with Crippen molar-refractivity contribution in [3.8, 4) is 11.1 Å². The average Bonchev–Trinajstić information content (AvgIpc) is 4.16. The van der Waals surface area contributed by atoms with E-state index in [0.29, 0.717) is 33.9 Å². The second kappa shape index (κ2) is 15.8. The zero-order valence-corrected chi connectivity index (χ0v) is 40.7. The molecule has 14 rings (SSSR count). The molecule has 0 saturated carbocycles. The largest absolute Gasteiger partial charge is 0.454 e. The highest BCUT2D eigenvalue weighted by Crippen LogP contribution is 2.63.